The molecule has 0 radical (unpaired) electrons. The van der Waals surface area contributed by atoms with Crippen molar-refractivity contribution < 1.29 is 23.5 Å². The van der Waals surface area contributed by atoms with E-state index in [0.29, 0.717) is 28.6 Å². The van der Waals surface area contributed by atoms with Crippen LogP contribution in [0.4, 0.5) is 5.00 Å². The van der Waals surface area contributed by atoms with E-state index in [2.05, 4.69) is 17.5 Å². The van der Waals surface area contributed by atoms with Gasteiger partial charge in [-0.2, -0.15) is 0 Å². The molecule has 0 fully saturated rings. The molecule has 174 valence electrons. The second-order valence-electron chi connectivity index (χ2n) is 8.01. The first-order valence-corrected chi connectivity index (χ1v) is 12.5. The standard InChI is InChI=1S/C23H25N3O5S2/c1-4-16(33-21-23(29)31-25-26(21)14-8-6-5-7-9-14)19(27)24-20-18(22(28)30-3)15-11-10-13(2)12-17(15)32-20/h5-9,13,16H,4,10-12H2,1-3H3,(H-,24,25,27,28,29)/p+1. The number of aromatic nitrogens is 2. The summed E-state index contributed by atoms with van der Waals surface area (Å²) in [5.74, 6) is -0.184. The van der Waals surface area contributed by atoms with Crippen LogP contribution in [0.15, 0.2) is 44.7 Å². The number of carbonyl (C=O) groups excluding carboxylic acids is 2. The zero-order valence-electron chi connectivity index (χ0n) is 18.7. The zero-order chi connectivity index (χ0) is 23.5. The van der Waals surface area contributed by atoms with Gasteiger partial charge in [0.15, 0.2) is 0 Å². The van der Waals surface area contributed by atoms with E-state index < -0.39 is 16.8 Å². The van der Waals surface area contributed by atoms with Gasteiger partial charge in [-0.25, -0.2) is 9.59 Å². The highest BCUT2D eigenvalue weighted by atomic mass is 32.2. The summed E-state index contributed by atoms with van der Waals surface area (Å²) in [5, 5.41) is 5.76. The number of hydrogen-bond donors (Lipinski definition) is 2. The number of esters is 1. The number of nitrogens with one attached hydrogen (secondary N) is 2. The molecule has 2 atom stereocenters. The first kappa shape index (κ1) is 23.3. The molecule has 1 aliphatic rings. The summed E-state index contributed by atoms with van der Waals surface area (Å²) >= 11 is 2.57. The molecule has 33 heavy (non-hydrogen) atoms. The second kappa shape index (κ2) is 9.96. The van der Waals surface area contributed by atoms with Crippen LogP contribution in [0.5, 0.6) is 0 Å². The van der Waals surface area contributed by atoms with Crippen molar-refractivity contribution in [3.63, 3.8) is 0 Å². The van der Waals surface area contributed by atoms with E-state index in [1.165, 1.54) is 23.1 Å². The van der Waals surface area contributed by atoms with Crippen LogP contribution in [0.2, 0.25) is 0 Å². The van der Waals surface area contributed by atoms with Crippen LogP contribution in [0, 0.1) is 5.92 Å². The van der Waals surface area contributed by atoms with E-state index in [-0.39, 0.29) is 10.9 Å². The fourth-order valence-corrected chi connectivity index (χ4v) is 6.31. The van der Waals surface area contributed by atoms with Crippen LogP contribution in [0.1, 0.15) is 47.5 Å². The summed E-state index contributed by atoms with van der Waals surface area (Å²) in [5.41, 5.74) is 1.60. The quantitative estimate of drug-likeness (QED) is 0.298. The average molecular weight is 489 g/mol. The number of nitrogens with zero attached hydrogens (tertiary/aromatic N) is 1. The molecular formula is C23H26N3O5S2+. The molecule has 1 amide bonds. The van der Waals surface area contributed by atoms with Crippen molar-refractivity contribution in [1.82, 2.24) is 5.27 Å². The van der Waals surface area contributed by atoms with E-state index in [1.54, 1.807) is 0 Å². The van der Waals surface area contributed by atoms with Crippen LogP contribution >= 0.6 is 23.1 Å². The molecule has 2 aromatic heterocycles. The lowest BCUT2D eigenvalue weighted by Gasteiger charge is -2.18. The van der Waals surface area contributed by atoms with Gasteiger partial charge in [0, 0.05) is 17.0 Å². The molecule has 10 heteroatoms. The van der Waals surface area contributed by atoms with Gasteiger partial charge in [-0.1, -0.05) is 32.0 Å². The average Bonchev–Trinajstić information content (AvgIpc) is 3.36. The van der Waals surface area contributed by atoms with Gasteiger partial charge in [0.1, 0.15) is 5.00 Å². The van der Waals surface area contributed by atoms with Crippen molar-refractivity contribution in [3.05, 3.63) is 56.8 Å². The van der Waals surface area contributed by atoms with Crippen LogP contribution in [-0.4, -0.2) is 29.5 Å². The highest BCUT2D eigenvalue weighted by Crippen LogP contribution is 2.40. The molecule has 8 nitrogen and oxygen atoms in total. The van der Waals surface area contributed by atoms with Crippen molar-refractivity contribution in [2.75, 3.05) is 12.4 Å². The molecule has 0 spiro atoms. The minimum Gasteiger partial charge on any atom is -0.465 e. The number of carbonyl (C=O) groups is 2. The van der Waals surface area contributed by atoms with Crippen LogP contribution in [0.3, 0.4) is 0 Å². The van der Waals surface area contributed by atoms with E-state index >= 15 is 0 Å². The minimum atomic E-state index is -0.567. The second-order valence-corrected chi connectivity index (χ2v) is 10.3. The van der Waals surface area contributed by atoms with Crippen molar-refractivity contribution in [2.45, 2.75) is 49.8 Å². The first-order chi connectivity index (χ1) is 15.9. The van der Waals surface area contributed by atoms with E-state index in [4.69, 9.17) is 9.26 Å². The molecule has 4 rings (SSSR count). The number of amides is 1. The topological polar surface area (TPSA) is 105 Å². The maximum Gasteiger partial charge on any atom is 0.442 e. The zero-order valence-corrected chi connectivity index (χ0v) is 20.3. The third-order valence-electron chi connectivity index (χ3n) is 5.68. The van der Waals surface area contributed by atoms with E-state index in [1.807, 2.05) is 37.3 Å². The smallest absolute Gasteiger partial charge is 0.442 e. The van der Waals surface area contributed by atoms with Gasteiger partial charge >= 0.3 is 16.6 Å². The van der Waals surface area contributed by atoms with Crippen molar-refractivity contribution in [3.8, 4) is 5.69 Å². The molecule has 0 saturated carbocycles. The van der Waals surface area contributed by atoms with Crippen LogP contribution in [0.25, 0.3) is 5.69 Å². The number of hydrogen-bond acceptors (Lipinski definition) is 7. The fraction of sp³-hybridized carbons (Fsp3) is 0.391. The summed E-state index contributed by atoms with van der Waals surface area (Å²) in [4.78, 5) is 39.3. The lowest BCUT2D eigenvalue weighted by molar-refractivity contribution is -0.704. The Labute approximate surface area is 199 Å². The maximum absolute atomic E-state index is 13.2. The third-order valence-corrected chi connectivity index (χ3v) is 8.25. The summed E-state index contributed by atoms with van der Waals surface area (Å²) in [6.45, 7) is 4.06. The molecular weight excluding hydrogens is 462 g/mol. The first-order valence-electron chi connectivity index (χ1n) is 10.8. The maximum atomic E-state index is 13.2. The number of fused-ring (bicyclic) bond motifs is 1. The Kier molecular flexibility index (Phi) is 7.04. The van der Waals surface area contributed by atoms with Gasteiger partial charge < -0.3 is 10.1 Å². The number of anilines is 1. The SMILES string of the molecule is CCC(Sc1c(=O)o[nH][n+]1-c1ccccc1)C(=O)Nc1sc2c(c1C(=O)OC)CCC(C)C2. The predicted octanol–water partition coefficient (Wildman–Crippen LogP) is 3.73. The number of rotatable bonds is 7. The Morgan fingerprint density at radius 2 is 2.12 bits per heavy atom. The van der Waals surface area contributed by atoms with Crippen molar-refractivity contribution in [1.29, 1.82) is 0 Å². The van der Waals surface area contributed by atoms with Crippen molar-refractivity contribution in [2.24, 2.45) is 5.92 Å². The fourth-order valence-electron chi connectivity index (χ4n) is 3.92. The highest BCUT2D eigenvalue weighted by molar-refractivity contribution is 8.00. The molecule has 0 saturated heterocycles. The molecule has 0 bridgehead atoms. The van der Waals surface area contributed by atoms with E-state index in [0.717, 1.165) is 41.5 Å². The lowest BCUT2D eigenvalue weighted by Crippen LogP contribution is -2.37. The molecule has 3 aromatic rings. The largest absolute Gasteiger partial charge is 0.465 e. The van der Waals surface area contributed by atoms with Gasteiger partial charge in [0.2, 0.25) is 11.6 Å². The molecule has 1 aromatic carbocycles. The number of thiophene rings is 1. The molecule has 2 heterocycles. The number of para-hydroxylation sites is 1. The Balaban J connectivity index is 1.60. The molecule has 2 unspecified atom stereocenters. The van der Waals surface area contributed by atoms with Gasteiger partial charge in [-0.15, -0.1) is 11.3 Å². The van der Waals surface area contributed by atoms with Crippen molar-refractivity contribution >= 4 is 40.0 Å². The Morgan fingerprint density at radius 3 is 2.82 bits per heavy atom. The molecule has 2 N–H and O–H groups in total. The van der Waals surface area contributed by atoms with E-state index in [9.17, 15) is 14.4 Å². The Bertz CT molecular complexity index is 1210. The summed E-state index contributed by atoms with van der Waals surface area (Å²) in [6, 6.07) is 9.23. The number of ether oxygens (including phenoxy) is 1. The number of thioether (sulfide) groups is 1. The third kappa shape index (κ3) is 4.77. The molecule has 0 aliphatic heterocycles. The van der Waals surface area contributed by atoms with Crippen LogP contribution < -0.4 is 15.6 Å². The van der Waals surface area contributed by atoms with Gasteiger partial charge in [-0.05, 0) is 58.9 Å². The highest BCUT2D eigenvalue weighted by Gasteiger charge is 2.33. The lowest BCUT2D eigenvalue weighted by atomic mass is 9.88. The number of H-pyrrole nitrogens is 1. The molecule has 1 aliphatic carbocycles. The van der Waals surface area contributed by atoms with Gasteiger partial charge in [0.25, 0.3) is 0 Å². The van der Waals surface area contributed by atoms with Crippen LogP contribution in [-0.2, 0) is 22.4 Å². The predicted molar refractivity (Wildman–Crippen MR) is 126 cm³/mol. The Morgan fingerprint density at radius 1 is 1.36 bits per heavy atom. The Hall–Kier alpha value is -2.85. The number of methoxy groups -OCH3 is 1. The summed E-state index contributed by atoms with van der Waals surface area (Å²) in [7, 11) is 1.35. The monoisotopic (exact) mass is 488 g/mol. The summed E-state index contributed by atoms with van der Waals surface area (Å²) in [6.07, 6.45) is 3.15. The number of aromatic amines is 1. The number of benzene rings is 1. The summed E-state index contributed by atoms with van der Waals surface area (Å²) < 4.78 is 11.5. The van der Waals surface area contributed by atoms with Gasteiger partial charge in [0.05, 0.1) is 17.9 Å². The normalized spacial score (nSPS) is 16.2. The minimum absolute atomic E-state index is 0.274. The van der Waals surface area contributed by atoms with Gasteiger partial charge in [-0.3, -0.25) is 9.32 Å².